The molecule has 102 valence electrons. The fraction of sp³-hybridized carbons (Fsp3) is 0.571. The maximum absolute atomic E-state index is 10.2. The highest BCUT2D eigenvalue weighted by Gasteiger charge is 2.14. The molecule has 2 unspecified atom stereocenters. The second-order valence-electron chi connectivity index (χ2n) is 4.53. The Morgan fingerprint density at radius 1 is 1.33 bits per heavy atom. The minimum atomic E-state index is -0.584. The van der Waals surface area contributed by atoms with E-state index in [0.717, 1.165) is 11.1 Å². The Morgan fingerprint density at radius 2 is 2.06 bits per heavy atom. The normalized spacial score (nSPS) is 14.3. The molecule has 4 heteroatoms. The summed E-state index contributed by atoms with van der Waals surface area (Å²) in [4.78, 5) is 0. The predicted octanol–water partition coefficient (Wildman–Crippen LogP) is 1.66. The molecule has 4 nitrogen and oxygen atoms in total. The molecule has 0 fully saturated rings. The number of aryl methyl sites for hydroxylation is 1. The Bertz CT molecular complexity index is 368. The molecule has 0 spiro atoms. The van der Waals surface area contributed by atoms with Gasteiger partial charge >= 0.3 is 0 Å². The van der Waals surface area contributed by atoms with Crippen molar-refractivity contribution in [1.29, 1.82) is 0 Å². The summed E-state index contributed by atoms with van der Waals surface area (Å²) in [5, 5.41) is 13.4. The second-order valence-corrected chi connectivity index (χ2v) is 4.53. The summed E-state index contributed by atoms with van der Waals surface area (Å²) < 4.78 is 10.3. The van der Waals surface area contributed by atoms with Crippen LogP contribution in [-0.4, -0.2) is 38.5 Å². The number of aliphatic hydroxyl groups is 1. The van der Waals surface area contributed by atoms with Crippen molar-refractivity contribution in [1.82, 2.24) is 5.32 Å². The fourth-order valence-electron chi connectivity index (χ4n) is 1.85. The zero-order valence-electron chi connectivity index (χ0n) is 11.6. The molecule has 0 aliphatic carbocycles. The number of ether oxygens (including phenoxy) is 2. The van der Waals surface area contributed by atoms with Gasteiger partial charge in [-0.1, -0.05) is 11.6 Å². The average Bonchev–Trinajstić information content (AvgIpc) is 2.36. The SMILES string of the molecule is COCC(C)NCC(O)c1cc(C)ccc1OC. The van der Waals surface area contributed by atoms with Gasteiger partial charge in [0.15, 0.2) is 0 Å². The topological polar surface area (TPSA) is 50.7 Å². The first-order valence-corrected chi connectivity index (χ1v) is 6.13. The lowest BCUT2D eigenvalue weighted by Gasteiger charge is -2.19. The van der Waals surface area contributed by atoms with Crippen LogP contribution in [0, 0.1) is 6.92 Å². The van der Waals surface area contributed by atoms with E-state index in [1.807, 2.05) is 32.0 Å². The molecule has 2 atom stereocenters. The monoisotopic (exact) mass is 253 g/mol. The molecule has 0 radical (unpaired) electrons. The van der Waals surface area contributed by atoms with Crippen LogP contribution in [0.25, 0.3) is 0 Å². The van der Waals surface area contributed by atoms with Gasteiger partial charge in [0.05, 0.1) is 19.8 Å². The number of hydrogen-bond acceptors (Lipinski definition) is 4. The van der Waals surface area contributed by atoms with E-state index in [-0.39, 0.29) is 6.04 Å². The molecule has 0 saturated heterocycles. The maximum atomic E-state index is 10.2. The minimum Gasteiger partial charge on any atom is -0.496 e. The van der Waals surface area contributed by atoms with Gasteiger partial charge in [-0.15, -0.1) is 0 Å². The molecule has 0 heterocycles. The van der Waals surface area contributed by atoms with E-state index in [1.165, 1.54) is 0 Å². The van der Waals surface area contributed by atoms with Crippen LogP contribution in [0.15, 0.2) is 18.2 Å². The summed E-state index contributed by atoms with van der Waals surface area (Å²) in [6.45, 7) is 5.11. The molecule has 0 saturated carbocycles. The third-order valence-electron chi connectivity index (χ3n) is 2.82. The number of benzene rings is 1. The molecule has 1 aromatic carbocycles. The van der Waals surface area contributed by atoms with Gasteiger partial charge in [-0.3, -0.25) is 0 Å². The summed E-state index contributed by atoms with van der Waals surface area (Å²) in [5.74, 6) is 0.717. The van der Waals surface area contributed by atoms with Crippen LogP contribution < -0.4 is 10.1 Å². The van der Waals surface area contributed by atoms with E-state index in [1.54, 1.807) is 14.2 Å². The van der Waals surface area contributed by atoms with Crippen molar-refractivity contribution in [3.05, 3.63) is 29.3 Å². The number of rotatable bonds is 7. The number of nitrogens with one attached hydrogen (secondary N) is 1. The number of hydrogen-bond donors (Lipinski definition) is 2. The van der Waals surface area contributed by atoms with E-state index >= 15 is 0 Å². The zero-order valence-corrected chi connectivity index (χ0v) is 11.6. The summed E-state index contributed by atoms with van der Waals surface area (Å²) in [7, 11) is 3.28. The van der Waals surface area contributed by atoms with Crippen LogP contribution in [0.4, 0.5) is 0 Å². The first-order valence-electron chi connectivity index (χ1n) is 6.13. The standard InChI is InChI=1S/C14H23NO3/c1-10-5-6-14(18-4)12(7-10)13(16)8-15-11(2)9-17-3/h5-7,11,13,15-16H,8-9H2,1-4H3. The van der Waals surface area contributed by atoms with E-state index < -0.39 is 6.10 Å². The first kappa shape index (κ1) is 15.0. The van der Waals surface area contributed by atoms with Crippen molar-refractivity contribution in [2.24, 2.45) is 0 Å². The Morgan fingerprint density at radius 3 is 2.67 bits per heavy atom. The highest BCUT2D eigenvalue weighted by Crippen LogP contribution is 2.25. The summed E-state index contributed by atoms with van der Waals surface area (Å²) >= 11 is 0. The Balaban J connectivity index is 2.65. The first-order chi connectivity index (χ1) is 8.58. The van der Waals surface area contributed by atoms with Gasteiger partial charge < -0.3 is 19.9 Å². The van der Waals surface area contributed by atoms with Gasteiger partial charge in [-0.2, -0.15) is 0 Å². The van der Waals surface area contributed by atoms with Gasteiger partial charge in [0.2, 0.25) is 0 Å². The van der Waals surface area contributed by atoms with Crippen LogP contribution in [0.5, 0.6) is 5.75 Å². The van der Waals surface area contributed by atoms with Crippen LogP contribution in [0.1, 0.15) is 24.2 Å². The van der Waals surface area contributed by atoms with Crippen molar-refractivity contribution in [2.75, 3.05) is 27.4 Å². The molecule has 0 aromatic heterocycles. The zero-order chi connectivity index (χ0) is 13.5. The molecule has 18 heavy (non-hydrogen) atoms. The highest BCUT2D eigenvalue weighted by molar-refractivity contribution is 5.38. The van der Waals surface area contributed by atoms with Crippen LogP contribution in [0.3, 0.4) is 0 Å². The van der Waals surface area contributed by atoms with E-state index in [9.17, 15) is 5.11 Å². The predicted molar refractivity (Wildman–Crippen MR) is 72.0 cm³/mol. The van der Waals surface area contributed by atoms with E-state index in [4.69, 9.17) is 9.47 Å². The largest absolute Gasteiger partial charge is 0.496 e. The maximum Gasteiger partial charge on any atom is 0.124 e. The van der Waals surface area contributed by atoms with Crippen molar-refractivity contribution in [2.45, 2.75) is 26.0 Å². The minimum absolute atomic E-state index is 0.209. The van der Waals surface area contributed by atoms with E-state index in [0.29, 0.717) is 18.9 Å². The highest BCUT2D eigenvalue weighted by atomic mass is 16.5. The smallest absolute Gasteiger partial charge is 0.124 e. The summed E-state index contributed by atoms with van der Waals surface area (Å²) in [6.07, 6.45) is -0.584. The molecule has 0 amide bonds. The van der Waals surface area contributed by atoms with Gasteiger partial charge in [0.1, 0.15) is 5.75 Å². The third kappa shape index (κ3) is 4.29. The van der Waals surface area contributed by atoms with Crippen molar-refractivity contribution >= 4 is 0 Å². The van der Waals surface area contributed by atoms with Gasteiger partial charge in [0.25, 0.3) is 0 Å². The quantitative estimate of drug-likeness (QED) is 0.776. The lowest BCUT2D eigenvalue weighted by molar-refractivity contribution is 0.141. The van der Waals surface area contributed by atoms with Crippen molar-refractivity contribution in [3.8, 4) is 5.75 Å². The lowest BCUT2D eigenvalue weighted by Crippen LogP contribution is -2.33. The van der Waals surface area contributed by atoms with Crippen LogP contribution in [-0.2, 0) is 4.74 Å². The lowest BCUT2D eigenvalue weighted by atomic mass is 10.0. The number of methoxy groups -OCH3 is 2. The third-order valence-corrected chi connectivity index (χ3v) is 2.82. The molecular weight excluding hydrogens is 230 g/mol. The molecule has 0 bridgehead atoms. The molecular formula is C14H23NO3. The van der Waals surface area contributed by atoms with Crippen molar-refractivity contribution < 1.29 is 14.6 Å². The Kier molecular flexibility index (Phi) is 6.12. The number of aliphatic hydroxyl groups excluding tert-OH is 1. The summed E-state index contributed by atoms with van der Waals surface area (Å²) in [5.41, 5.74) is 1.92. The van der Waals surface area contributed by atoms with Gasteiger partial charge in [-0.05, 0) is 26.0 Å². The summed E-state index contributed by atoms with van der Waals surface area (Å²) in [6, 6.07) is 6.01. The molecule has 1 aromatic rings. The second kappa shape index (κ2) is 7.36. The van der Waals surface area contributed by atoms with Crippen LogP contribution in [0.2, 0.25) is 0 Å². The fourth-order valence-corrected chi connectivity index (χ4v) is 1.85. The molecule has 0 aliphatic rings. The molecule has 1 rings (SSSR count). The van der Waals surface area contributed by atoms with Gasteiger partial charge in [0, 0.05) is 25.3 Å². The molecule has 0 aliphatic heterocycles. The van der Waals surface area contributed by atoms with E-state index in [2.05, 4.69) is 5.32 Å². The Hall–Kier alpha value is -1.10. The van der Waals surface area contributed by atoms with Crippen LogP contribution >= 0.6 is 0 Å². The van der Waals surface area contributed by atoms with Crippen molar-refractivity contribution in [3.63, 3.8) is 0 Å². The average molecular weight is 253 g/mol. The molecule has 2 N–H and O–H groups in total. The van der Waals surface area contributed by atoms with Gasteiger partial charge in [-0.25, -0.2) is 0 Å². The Labute approximate surface area is 109 Å².